The van der Waals surface area contributed by atoms with Gasteiger partial charge in [0.2, 0.25) is 5.82 Å². The molecule has 0 radical (unpaired) electrons. The van der Waals surface area contributed by atoms with Gasteiger partial charge in [-0.3, -0.25) is 14.8 Å². The number of aromatic nitrogens is 6. The maximum Gasteiger partial charge on any atom is 0.341 e. The lowest BCUT2D eigenvalue weighted by molar-refractivity contribution is 0.0928. The summed E-state index contributed by atoms with van der Waals surface area (Å²) in [6.45, 7) is 1.62. The van der Waals surface area contributed by atoms with Gasteiger partial charge in [0.05, 0.1) is 6.04 Å². The van der Waals surface area contributed by atoms with Crippen molar-refractivity contribution < 1.29 is 4.79 Å². The van der Waals surface area contributed by atoms with Crippen LogP contribution in [0.3, 0.4) is 0 Å². The molecule has 10 nitrogen and oxygen atoms in total. The molecular weight excluding hydrogens is 230 g/mol. The zero-order valence-corrected chi connectivity index (χ0v) is 8.70. The van der Waals surface area contributed by atoms with Gasteiger partial charge in [-0.25, -0.2) is 19.8 Å². The summed E-state index contributed by atoms with van der Waals surface area (Å²) in [5.74, 6) is -0.444. The SMILES string of the molecule is CC(NC(=O)c1n[nH]c(=O)[nH]1)c1n[nH]c(=O)[nH]1. The van der Waals surface area contributed by atoms with Crippen molar-refractivity contribution in [2.45, 2.75) is 13.0 Å². The Hall–Kier alpha value is -2.65. The number of aromatic amines is 4. The zero-order chi connectivity index (χ0) is 12.4. The molecule has 0 spiro atoms. The van der Waals surface area contributed by atoms with E-state index in [1.54, 1.807) is 6.92 Å². The van der Waals surface area contributed by atoms with E-state index in [1.807, 2.05) is 0 Å². The molecule has 2 rings (SSSR count). The van der Waals surface area contributed by atoms with Gasteiger partial charge in [-0.1, -0.05) is 0 Å². The maximum absolute atomic E-state index is 11.6. The average molecular weight is 239 g/mol. The Bertz CT molecular complexity index is 632. The molecule has 1 unspecified atom stereocenters. The Balaban J connectivity index is 2.09. The van der Waals surface area contributed by atoms with Gasteiger partial charge in [0.15, 0.2) is 5.82 Å². The van der Waals surface area contributed by atoms with Crippen LogP contribution in [0, 0.1) is 0 Å². The van der Waals surface area contributed by atoms with E-state index in [9.17, 15) is 14.4 Å². The first kappa shape index (κ1) is 10.9. The van der Waals surface area contributed by atoms with Gasteiger partial charge in [0, 0.05) is 0 Å². The highest BCUT2D eigenvalue weighted by Crippen LogP contribution is 2.03. The molecular formula is C7H9N7O3. The Morgan fingerprint density at radius 3 is 2.35 bits per heavy atom. The number of hydrogen-bond donors (Lipinski definition) is 5. The number of rotatable bonds is 3. The molecule has 0 aliphatic carbocycles. The van der Waals surface area contributed by atoms with Gasteiger partial charge in [-0.15, -0.1) is 5.10 Å². The van der Waals surface area contributed by atoms with E-state index < -0.39 is 23.3 Å². The van der Waals surface area contributed by atoms with Crippen molar-refractivity contribution in [3.8, 4) is 0 Å². The third-order valence-corrected chi connectivity index (χ3v) is 1.99. The molecule has 0 aliphatic heterocycles. The van der Waals surface area contributed by atoms with Gasteiger partial charge >= 0.3 is 11.4 Å². The van der Waals surface area contributed by atoms with Gasteiger partial charge < -0.3 is 5.32 Å². The summed E-state index contributed by atoms with van der Waals surface area (Å²) < 4.78 is 0. The van der Waals surface area contributed by atoms with E-state index in [4.69, 9.17) is 0 Å². The molecule has 0 aromatic carbocycles. The summed E-state index contributed by atoms with van der Waals surface area (Å²) in [4.78, 5) is 37.7. The standard InChI is InChI=1S/C7H9N7O3/c1-2(3-9-6(16)13-11-3)8-5(15)4-10-7(17)14-12-4/h2H,1H3,(H,8,15)(H2,9,11,13,16)(H2,10,12,14,17). The number of H-pyrrole nitrogens is 4. The van der Waals surface area contributed by atoms with Crippen LogP contribution >= 0.6 is 0 Å². The van der Waals surface area contributed by atoms with Crippen molar-refractivity contribution in [1.29, 1.82) is 0 Å². The number of nitrogens with zero attached hydrogens (tertiary/aromatic N) is 2. The lowest BCUT2D eigenvalue weighted by Crippen LogP contribution is -2.28. The fourth-order valence-corrected chi connectivity index (χ4v) is 1.20. The lowest BCUT2D eigenvalue weighted by atomic mass is 10.3. The Labute approximate surface area is 92.9 Å². The van der Waals surface area contributed by atoms with E-state index in [-0.39, 0.29) is 11.6 Å². The van der Waals surface area contributed by atoms with E-state index >= 15 is 0 Å². The molecule has 17 heavy (non-hydrogen) atoms. The molecule has 0 fully saturated rings. The zero-order valence-electron chi connectivity index (χ0n) is 8.70. The van der Waals surface area contributed by atoms with Crippen LogP contribution in [0.15, 0.2) is 9.59 Å². The number of nitrogens with one attached hydrogen (secondary N) is 5. The normalized spacial score (nSPS) is 12.3. The number of carbonyl (C=O) groups is 1. The number of amides is 1. The fourth-order valence-electron chi connectivity index (χ4n) is 1.20. The molecule has 0 aliphatic rings. The first-order chi connectivity index (χ1) is 8.06. The highest BCUT2D eigenvalue weighted by atomic mass is 16.2. The average Bonchev–Trinajstić information content (AvgIpc) is 2.87. The minimum Gasteiger partial charge on any atom is -0.340 e. The largest absolute Gasteiger partial charge is 0.341 e. The van der Waals surface area contributed by atoms with Gasteiger partial charge in [0.25, 0.3) is 5.91 Å². The van der Waals surface area contributed by atoms with Crippen LogP contribution in [-0.4, -0.2) is 36.3 Å². The van der Waals surface area contributed by atoms with Crippen LogP contribution in [-0.2, 0) is 0 Å². The fraction of sp³-hybridized carbons (Fsp3) is 0.286. The van der Waals surface area contributed by atoms with Crippen molar-refractivity contribution in [3.05, 3.63) is 32.6 Å². The van der Waals surface area contributed by atoms with Gasteiger partial charge in [-0.05, 0) is 6.92 Å². The molecule has 90 valence electrons. The number of carbonyl (C=O) groups excluding carboxylic acids is 1. The molecule has 0 saturated heterocycles. The van der Waals surface area contributed by atoms with Crippen molar-refractivity contribution in [2.75, 3.05) is 0 Å². The van der Waals surface area contributed by atoms with E-state index in [1.165, 1.54) is 0 Å². The summed E-state index contributed by atoms with van der Waals surface area (Å²) in [5.41, 5.74) is -1.04. The minimum atomic E-state index is -0.584. The highest BCUT2D eigenvalue weighted by Gasteiger charge is 2.16. The summed E-state index contributed by atoms with van der Waals surface area (Å²) in [6.07, 6.45) is 0. The predicted molar refractivity (Wildman–Crippen MR) is 54.3 cm³/mol. The lowest BCUT2D eigenvalue weighted by Gasteiger charge is -2.08. The molecule has 1 atom stereocenters. The molecule has 10 heteroatoms. The van der Waals surface area contributed by atoms with Crippen LogP contribution in [0.25, 0.3) is 0 Å². The topological polar surface area (TPSA) is 152 Å². The third kappa shape index (κ3) is 2.30. The first-order valence-electron chi connectivity index (χ1n) is 4.66. The van der Waals surface area contributed by atoms with E-state index in [2.05, 4.69) is 35.7 Å². The summed E-state index contributed by atoms with van der Waals surface area (Å²) >= 11 is 0. The molecule has 0 bridgehead atoms. The second kappa shape index (κ2) is 4.08. The van der Waals surface area contributed by atoms with Crippen LogP contribution in [0.4, 0.5) is 0 Å². The third-order valence-electron chi connectivity index (χ3n) is 1.99. The Morgan fingerprint density at radius 2 is 1.82 bits per heavy atom. The molecule has 2 aromatic rings. The van der Waals surface area contributed by atoms with Crippen molar-refractivity contribution >= 4 is 5.91 Å². The second-order valence-electron chi connectivity index (χ2n) is 3.28. The Kier molecular flexibility index (Phi) is 2.60. The van der Waals surface area contributed by atoms with Crippen molar-refractivity contribution in [1.82, 2.24) is 35.7 Å². The van der Waals surface area contributed by atoms with Crippen LogP contribution in [0.2, 0.25) is 0 Å². The van der Waals surface area contributed by atoms with E-state index in [0.29, 0.717) is 0 Å². The quantitative estimate of drug-likeness (QED) is 0.419. The molecule has 2 heterocycles. The summed E-state index contributed by atoms with van der Waals surface area (Å²) in [5, 5.41) is 13.9. The monoisotopic (exact) mass is 239 g/mol. The summed E-state index contributed by atoms with van der Waals surface area (Å²) in [6, 6.07) is -0.526. The molecule has 5 N–H and O–H groups in total. The Morgan fingerprint density at radius 1 is 1.18 bits per heavy atom. The van der Waals surface area contributed by atoms with Crippen molar-refractivity contribution in [2.24, 2.45) is 0 Å². The van der Waals surface area contributed by atoms with Crippen LogP contribution in [0.5, 0.6) is 0 Å². The summed E-state index contributed by atoms with van der Waals surface area (Å²) in [7, 11) is 0. The maximum atomic E-state index is 11.6. The first-order valence-corrected chi connectivity index (χ1v) is 4.66. The molecule has 1 amide bonds. The van der Waals surface area contributed by atoms with Crippen LogP contribution in [0.1, 0.15) is 29.4 Å². The van der Waals surface area contributed by atoms with Gasteiger partial charge in [-0.2, -0.15) is 5.10 Å². The van der Waals surface area contributed by atoms with Crippen molar-refractivity contribution in [3.63, 3.8) is 0 Å². The number of hydrogen-bond acceptors (Lipinski definition) is 5. The van der Waals surface area contributed by atoms with Crippen LogP contribution < -0.4 is 16.7 Å². The van der Waals surface area contributed by atoms with E-state index in [0.717, 1.165) is 0 Å². The predicted octanol–water partition coefficient (Wildman–Crippen LogP) is -2.00. The second-order valence-corrected chi connectivity index (χ2v) is 3.28. The minimum absolute atomic E-state index is 0.139. The van der Waals surface area contributed by atoms with Gasteiger partial charge in [0.1, 0.15) is 0 Å². The molecule has 2 aromatic heterocycles. The molecule has 0 saturated carbocycles. The smallest absolute Gasteiger partial charge is 0.340 e. The highest BCUT2D eigenvalue weighted by molar-refractivity contribution is 5.90.